The van der Waals surface area contributed by atoms with Crippen LogP contribution in [0.25, 0.3) is 0 Å². The molecule has 24 heavy (non-hydrogen) atoms. The number of nitrogens with one attached hydrogen (secondary N) is 1. The van der Waals surface area contributed by atoms with Crippen molar-refractivity contribution < 1.29 is 14.2 Å². The van der Waals surface area contributed by atoms with Crippen LogP contribution < -0.4 is 19.5 Å². The van der Waals surface area contributed by atoms with Crippen LogP contribution >= 0.6 is 0 Å². The Hall–Kier alpha value is -2.64. The Morgan fingerprint density at radius 3 is 2.75 bits per heavy atom. The molecule has 0 fully saturated rings. The van der Waals surface area contributed by atoms with Crippen LogP contribution in [0.1, 0.15) is 23.6 Å². The van der Waals surface area contributed by atoms with Crippen LogP contribution in [0.4, 0.5) is 0 Å². The summed E-state index contributed by atoms with van der Waals surface area (Å²) >= 11 is 0. The minimum atomic E-state index is 0.107. The first kappa shape index (κ1) is 16.2. The molecule has 1 heterocycles. The fourth-order valence-corrected chi connectivity index (χ4v) is 2.78. The number of ether oxygens (including phenoxy) is 3. The van der Waals surface area contributed by atoms with Crippen molar-refractivity contribution in [3.8, 4) is 29.6 Å². The van der Waals surface area contributed by atoms with E-state index in [2.05, 4.69) is 23.4 Å². The van der Waals surface area contributed by atoms with Crippen LogP contribution in [0, 0.1) is 12.3 Å². The quantitative estimate of drug-likeness (QED) is 0.828. The Morgan fingerprint density at radius 2 is 2.00 bits per heavy atom. The van der Waals surface area contributed by atoms with Crippen LogP contribution in [0.5, 0.6) is 17.2 Å². The molecular weight excluding hydrogens is 302 g/mol. The highest BCUT2D eigenvalue weighted by Gasteiger charge is 2.19. The standard InChI is InChI=1S/C20H21NO3/c1-3-7-17(16-8-5-4-6-9-16)21-14-15-12-18(22-2)20-19(13-15)23-10-11-24-20/h1,4-6,8-9,12-13,17,21H,7,10-11,14H2,2H3/t17-/m0/s1. The molecule has 4 nitrogen and oxygen atoms in total. The van der Waals surface area contributed by atoms with E-state index in [0.29, 0.717) is 37.7 Å². The molecule has 0 saturated carbocycles. The van der Waals surface area contributed by atoms with Crippen LogP contribution in [-0.4, -0.2) is 20.3 Å². The third kappa shape index (κ3) is 3.64. The zero-order chi connectivity index (χ0) is 16.8. The number of methoxy groups -OCH3 is 1. The summed E-state index contributed by atoms with van der Waals surface area (Å²) in [6.45, 7) is 1.75. The van der Waals surface area contributed by atoms with Gasteiger partial charge in [-0.1, -0.05) is 30.3 Å². The number of fused-ring (bicyclic) bond motifs is 1. The van der Waals surface area contributed by atoms with Gasteiger partial charge < -0.3 is 19.5 Å². The van der Waals surface area contributed by atoms with Gasteiger partial charge >= 0.3 is 0 Å². The number of hydrogen-bond acceptors (Lipinski definition) is 4. The van der Waals surface area contributed by atoms with E-state index in [1.165, 1.54) is 5.56 Å². The third-order valence-corrected chi connectivity index (χ3v) is 3.96. The summed E-state index contributed by atoms with van der Waals surface area (Å²) < 4.78 is 16.7. The summed E-state index contributed by atoms with van der Waals surface area (Å²) in [4.78, 5) is 0. The van der Waals surface area contributed by atoms with Gasteiger partial charge in [0.15, 0.2) is 11.5 Å². The fraction of sp³-hybridized carbons (Fsp3) is 0.300. The highest BCUT2D eigenvalue weighted by molar-refractivity contribution is 5.54. The van der Waals surface area contributed by atoms with E-state index >= 15 is 0 Å². The lowest BCUT2D eigenvalue weighted by Crippen LogP contribution is -2.21. The lowest BCUT2D eigenvalue weighted by atomic mass is 10.0. The van der Waals surface area contributed by atoms with Crippen molar-refractivity contribution >= 4 is 0 Å². The van der Waals surface area contributed by atoms with Crippen LogP contribution in [0.2, 0.25) is 0 Å². The molecule has 2 aromatic rings. The molecule has 124 valence electrons. The Bertz CT molecular complexity index is 704. The maximum absolute atomic E-state index is 5.68. The van der Waals surface area contributed by atoms with Crippen molar-refractivity contribution in [3.05, 3.63) is 53.6 Å². The predicted octanol–water partition coefficient (Wildman–Crippen LogP) is 3.32. The molecular formula is C20H21NO3. The normalized spacial score (nSPS) is 13.8. The minimum Gasteiger partial charge on any atom is -0.493 e. The first-order valence-electron chi connectivity index (χ1n) is 8.00. The topological polar surface area (TPSA) is 39.7 Å². The highest BCUT2D eigenvalue weighted by atomic mass is 16.6. The zero-order valence-corrected chi connectivity index (χ0v) is 13.7. The molecule has 4 heteroatoms. The largest absolute Gasteiger partial charge is 0.493 e. The maximum atomic E-state index is 5.68. The number of hydrogen-bond donors (Lipinski definition) is 1. The fourth-order valence-electron chi connectivity index (χ4n) is 2.78. The van der Waals surface area contributed by atoms with Crippen LogP contribution in [0.15, 0.2) is 42.5 Å². The van der Waals surface area contributed by atoms with E-state index < -0.39 is 0 Å². The Morgan fingerprint density at radius 1 is 1.21 bits per heavy atom. The van der Waals surface area contributed by atoms with Crippen molar-refractivity contribution in [3.63, 3.8) is 0 Å². The van der Waals surface area contributed by atoms with Gasteiger partial charge in [0.2, 0.25) is 5.75 Å². The smallest absolute Gasteiger partial charge is 0.203 e. The highest BCUT2D eigenvalue weighted by Crippen LogP contribution is 2.40. The SMILES string of the molecule is C#CC[C@H](NCc1cc(OC)c2c(c1)OCCO2)c1ccccc1. The molecule has 0 amide bonds. The minimum absolute atomic E-state index is 0.107. The first-order chi connectivity index (χ1) is 11.8. The van der Waals surface area contributed by atoms with E-state index in [4.69, 9.17) is 20.6 Å². The second-order valence-corrected chi connectivity index (χ2v) is 5.57. The van der Waals surface area contributed by atoms with E-state index in [1.54, 1.807) is 7.11 Å². The van der Waals surface area contributed by atoms with E-state index in [1.807, 2.05) is 30.3 Å². The summed E-state index contributed by atoms with van der Waals surface area (Å²) in [6, 6.07) is 14.3. The molecule has 1 aliphatic rings. The lowest BCUT2D eigenvalue weighted by molar-refractivity contribution is 0.165. The molecule has 2 aromatic carbocycles. The Kier molecular flexibility index (Phi) is 5.25. The molecule has 0 radical (unpaired) electrons. The molecule has 0 spiro atoms. The van der Waals surface area contributed by atoms with Crippen LogP contribution in [0.3, 0.4) is 0 Å². The number of benzene rings is 2. The third-order valence-electron chi connectivity index (χ3n) is 3.96. The predicted molar refractivity (Wildman–Crippen MR) is 93.5 cm³/mol. The molecule has 0 saturated heterocycles. The van der Waals surface area contributed by atoms with Crippen molar-refractivity contribution in [2.75, 3.05) is 20.3 Å². The summed E-state index contributed by atoms with van der Waals surface area (Å²) in [5.74, 6) is 4.84. The Labute approximate surface area is 142 Å². The molecule has 1 aliphatic heterocycles. The van der Waals surface area contributed by atoms with Crippen LogP contribution in [-0.2, 0) is 6.54 Å². The molecule has 0 aromatic heterocycles. The van der Waals surface area contributed by atoms with Crippen molar-refractivity contribution in [2.45, 2.75) is 19.0 Å². The van der Waals surface area contributed by atoms with Gasteiger partial charge in [-0.15, -0.1) is 12.3 Å². The van der Waals surface area contributed by atoms with Gasteiger partial charge in [0.1, 0.15) is 13.2 Å². The van der Waals surface area contributed by atoms with E-state index in [-0.39, 0.29) is 6.04 Å². The van der Waals surface area contributed by atoms with Gasteiger partial charge in [0.05, 0.1) is 7.11 Å². The second kappa shape index (κ2) is 7.76. The van der Waals surface area contributed by atoms with Gasteiger partial charge in [-0.3, -0.25) is 0 Å². The molecule has 1 atom stereocenters. The molecule has 0 aliphatic carbocycles. The van der Waals surface area contributed by atoms with Gasteiger partial charge in [-0.05, 0) is 23.3 Å². The first-order valence-corrected chi connectivity index (χ1v) is 8.00. The van der Waals surface area contributed by atoms with Gasteiger partial charge in [0, 0.05) is 19.0 Å². The Balaban J connectivity index is 1.76. The maximum Gasteiger partial charge on any atom is 0.203 e. The summed E-state index contributed by atoms with van der Waals surface area (Å²) in [5.41, 5.74) is 2.24. The molecule has 1 N–H and O–H groups in total. The average molecular weight is 323 g/mol. The van der Waals surface area contributed by atoms with Gasteiger partial charge in [0.25, 0.3) is 0 Å². The molecule has 3 rings (SSSR count). The van der Waals surface area contributed by atoms with E-state index in [9.17, 15) is 0 Å². The zero-order valence-electron chi connectivity index (χ0n) is 13.7. The summed E-state index contributed by atoms with van der Waals surface area (Å²) in [6.07, 6.45) is 6.16. The molecule has 0 bridgehead atoms. The monoisotopic (exact) mass is 323 g/mol. The second-order valence-electron chi connectivity index (χ2n) is 5.57. The van der Waals surface area contributed by atoms with Crippen molar-refractivity contribution in [1.82, 2.24) is 5.32 Å². The summed E-state index contributed by atoms with van der Waals surface area (Å²) in [5, 5.41) is 3.52. The lowest BCUT2D eigenvalue weighted by Gasteiger charge is -2.22. The summed E-state index contributed by atoms with van der Waals surface area (Å²) in [7, 11) is 1.63. The van der Waals surface area contributed by atoms with E-state index in [0.717, 1.165) is 11.3 Å². The van der Waals surface area contributed by atoms with Crippen molar-refractivity contribution in [1.29, 1.82) is 0 Å². The van der Waals surface area contributed by atoms with Crippen molar-refractivity contribution in [2.24, 2.45) is 0 Å². The molecule has 0 unspecified atom stereocenters. The number of terminal acetylenes is 1. The average Bonchev–Trinajstić information content (AvgIpc) is 2.65. The van der Waals surface area contributed by atoms with Gasteiger partial charge in [-0.25, -0.2) is 0 Å². The van der Waals surface area contributed by atoms with Gasteiger partial charge in [-0.2, -0.15) is 0 Å². The number of rotatable bonds is 6.